The van der Waals surface area contributed by atoms with Gasteiger partial charge >= 0.3 is 6.18 Å². The fourth-order valence-corrected chi connectivity index (χ4v) is 3.20. The van der Waals surface area contributed by atoms with Gasteiger partial charge in [-0.05, 0) is 42.8 Å². The molecule has 4 nitrogen and oxygen atoms in total. The molecule has 7 heteroatoms. The number of hydrogen-bond acceptors (Lipinski definition) is 4. The summed E-state index contributed by atoms with van der Waals surface area (Å²) in [5.74, 6) is 0.568. The van der Waals surface area contributed by atoms with Crippen LogP contribution < -0.4 is 5.32 Å². The number of benzene rings is 2. The molecule has 0 bridgehead atoms. The van der Waals surface area contributed by atoms with Crippen molar-refractivity contribution in [3.05, 3.63) is 78.2 Å². The third-order valence-corrected chi connectivity index (χ3v) is 4.65. The van der Waals surface area contributed by atoms with E-state index in [-0.39, 0.29) is 0 Å². The zero-order valence-corrected chi connectivity index (χ0v) is 15.5. The van der Waals surface area contributed by atoms with Crippen LogP contribution in [0, 0.1) is 0 Å². The number of hydrogen-bond donors (Lipinski definition) is 1. The van der Waals surface area contributed by atoms with E-state index in [0.717, 1.165) is 39.9 Å². The lowest BCUT2D eigenvalue weighted by atomic mass is 10.0. The van der Waals surface area contributed by atoms with Crippen LogP contribution in [0.1, 0.15) is 18.1 Å². The lowest BCUT2D eigenvalue weighted by Crippen LogP contribution is -2.05. The van der Waals surface area contributed by atoms with Crippen molar-refractivity contribution >= 4 is 22.4 Å². The number of aromatic nitrogens is 3. The van der Waals surface area contributed by atoms with E-state index in [1.165, 1.54) is 18.5 Å². The van der Waals surface area contributed by atoms with Crippen molar-refractivity contribution in [1.29, 1.82) is 0 Å². The van der Waals surface area contributed by atoms with Crippen molar-refractivity contribution in [2.75, 3.05) is 5.32 Å². The maximum Gasteiger partial charge on any atom is 0.416 e. The van der Waals surface area contributed by atoms with Crippen LogP contribution in [-0.4, -0.2) is 15.0 Å². The van der Waals surface area contributed by atoms with E-state index in [1.54, 1.807) is 6.20 Å². The molecule has 0 amide bonds. The zero-order valence-electron chi connectivity index (χ0n) is 15.5. The summed E-state index contributed by atoms with van der Waals surface area (Å²) < 4.78 is 38.3. The summed E-state index contributed by atoms with van der Waals surface area (Å²) in [6.45, 7) is 1.99. The highest BCUT2D eigenvalue weighted by atomic mass is 19.4. The highest BCUT2D eigenvalue weighted by Gasteiger charge is 2.30. The van der Waals surface area contributed by atoms with Gasteiger partial charge in [0.15, 0.2) is 0 Å². The van der Waals surface area contributed by atoms with Crippen LogP contribution >= 0.6 is 0 Å². The van der Waals surface area contributed by atoms with Crippen molar-refractivity contribution in [2.24, 2.45) is 0 Å². The summed E-state index contributed by atoms with van der Waals surface area (Å²) in [5, 5.41) is 4.15. The molecular formula is C22H17F3N4. The Morgan fingerprint density at radius 2 is 1.72 bits per heavy atom. The predicted molar refractivity (Wildman–Crippen MR) is 107 cm³/mol. The molecule has 2 aromatic heterocycles. The second-order valence-corrected chi connectivity index (χ2v) is 6.51. The van der Waals surface area contributed by atoms with Crippen molar-refractivity contribution in [1.82, 2.24) is 15.0 Å². The van der Waals surface area contributed by atoms with Crippen LogP contribution in [0.2, 0.25) is 0 Å². The van der Waals surface area contributed by atoms with Gasteiger partial charge in [0.1, 0.15) is 12.1 Å². The van der Waals surface area contributed by atoms with E-state index in [9.17, 15) is 13.2 Å². The first-order valence-corrected chi connectivity index (χ1v) is 9.09. The second-order valence-electron chi connectivity index (χ2n) is 6.51. The number of nitrogens with one attached hydrogen (secondary N) is 1. The smallest absolute Gasteiger partial charge is 0.340 e. The summed E-state index contributed by atoms with van der Waals surface area (Å²) in [4.78, 5) is 13.1. The molecule has 0 spiro atoms. The minimum absolute atomic E-state index is 0.525. The molecule has 1 N–H and O–H groups in total. The normalized spacial score (nSPS) is 11.6. The molecule has 4 aromatic rings. The van der Waals surface area contributed by atoms with Crippen molar-refractivity contribution < 1.29 is 13.2 Å². The molecule has 0 saturated carbocycles. The average Bonchev–Trinajstić information content (AvgIpc) is 2.73. The molecule has 4 rings (SSSR count). The fourth-order valence-electron chi connectivity index (χ4n) is 3.20. The zero-order chi connectivity index (χ0) is 20.4. The van der Waals surface area contributed by atoms with Crippen molar-refractivity contribution in [3.63, 3.8) is 0 Å². The Bertz CT molecular complexity index is 1150. The quantitative estimate of drug-likeness (QED) is 0.460. The highest BCUT2D eigenvalue weighted by Crippen LogP contribution is 2.32. The van der Waals surface area contributed by atoms with Gasteiger partial charge in [-0.3, -0.25) is 4.98 Å². The monoisotopic (exact) mass is 394 g/mol. The average molecular weight is 394 g/mol. The van der Waals surface area contributed by atoms with E-state index in [2.05, 4.69) is 20.3 Å². The molecule has 2 heterocycles. The minimum Gasteiger partial charge on any atom is -0.340 e. The molecule has 146 valence electrons. The van der Waals surface area contributed by atoms with Gasteiger partial charge in [-0.15, -0.1) is 0 Å². The SMILES string of the molecule is CCc1c(Nc2ccc(C(F)(F)F)cc2)ncnc1-c1ccc2cccnc2c1. The van der Waals surface area contributed by atoms with E-state index < -0.39 is 11.7 Å². The number of rotatable bonds is 4. The number of halogens is 3. The lowest BCUT2D eigenvalue weighted by Gasteiger charge is -2.14. The number of nitrogens with zero attached hydrogens (tertiary/aromatic N) is 3. The molecule has 0 unspecified atom stereocenters. The Morgan fingerprint density at radius 1 is 0.931 bits per heavy atom. The largest absolute Gasteiger partial charge is 0.416 e. The number of pyridine rings is 1. The summed E-state index contributed by atoms with van der Waals surface area (Å²) in [5.41, 5.74) is 3.25. The van der Waals surface area contributed by atoms with Crippen LogP contribution in [0.15, 0.2) is 67.1 Å². The first kappa shape index (κ1) is 18.9. The van der Waals surface area contributed by atoms with Gasteiger partial charge in [0.25, 0.3) is 0 Å². The van der Waals surface area contributed by atoms with E-state index in [0.29, 0.717) is 17.9 Å². The topological polar surface area (TPSA) is 50.7 Å². The van der Waals surface area contributed by atoms with Gasteiger partial charge in [-0.2, -0.15) is 13.2 Å². The minimum atomic E-state index is -4.36. The van der Waals surface area contributed by atoms with Crippen LogP contribution in [0.4, 0.5) is 24.7 Å². The van der Waals surface area contributed by atoms with Gasteiger partial charge < -0.3 is 5.32 Å². The van der Waals surface area contributed by atoms with Crippen LogP contribution in [0.25, 0.3) is 22.2 Å². The molecule has 2 aromatic carbocycles. The van der Waals surface area contributed by atoms with Crippen LogP contribution in [0.3, 0.4) is 0 Å². The van der Waals surface area contributed by atoms with Gasteiger partial charge in [0.05, 0.1) is 16.8 Å². The molecule has 0 radical (unpaired) electrons. The summed E-state index contributed by atoms with van der Waals surface area (Å²) >= 11 is 0. The fraction of sp³-hybridized carbons (Fsp3) is 0.136. The van der Waals surface area contributed by atoms with Gasteiger partial charge in [0.2, 0.25) is 0 Å². The van der Waals surface area contributed by atoms with Gasteiger partial charge in [-0.25, -0.2) is 9.97 Å². The summed E-state index contributed by atoms with van der Waals surface area (Å²) in [6.07, 6.45) is -0.521. The maximum absolute atomic E-state index is 12.8. The Kier molecular flexibility index (Phi) is 4.88. The first-order valence-electron chi connectivity index (χ1n) is 9.09. The number of anilines is 2. The van der Waals surface area contributed by atoms with E-state index in [1.807, 2.05) is 37.3 Å². The Hall–Kier alpha value is -3.48. The molecule has 0 aliphatic heterocycles. The predicted octanol–water partition coefficient (Wildman–Crippen LogP) is 6.02. The van der Waals surface area contributed by atoms with E-state index >= 15 is 0 Å². The third kappa shape index (κ3) is 3.89. The maximum atomic E-state index is 12.8. The van der Waals surface area contributed by atoms with Crippen molar-refractivity contribution in [2.45, 2.75) is 19.5 Å². The van der Waals surface area contributed by atoms with Gasteiger partial charge in [-0.1, -0.05) is 25.1 Å². The molecule has 0 atom stereocenters. The number of fused-ring (bicyclic) bond motifs is 1. The standard InChI is InChI=1S/C22H17F3N4/c1-2-18-20(15-6-5-14-4-3-11-26-19(14)12-15)27-13-28-21(18)29-17-9-7-16(8-10-17)22(23,24)25/h3-13H,2H2,1H3,(H,27,28,29). The second kappa shape index (κ2) is 7.50. The van der Waals surface area contributed by atoms with Crippen molar-refractivity contribution in [3.8, 4) is 11.3 Å². The Balaban J connectivity index is 1.70. The molecule has 29 heavy (non-hydrogen) atoms. The summed E-state index contributed by atoms with van der Waals surface area (Å²) in [7, 11) is 0. The Labute approximate surface area is 165 Å². The highest BCUT2D eigenvalue weighted by molar-refractivity contribution is 5.84. The molecule has 0 aliphatic carbocycles. The molecular weight excluding hydrogens is 377 g/mol. The third-order valence-electron chi connectivity index (χ3n) is 4.65. The lowest BCUT2D eigenvalue weighted by molar-refractivity contribution is -0.137. The summed E-state index contributed by atoms with van der Waals surface area (Å²) in [6, 6.07) is 14.7. The molecule has 0 aliphatic rings. The van der Waals surface area contributed by atoms with Crippen LogP contribution in [0.5, 0.6) is 0 Å². The Morgan fingerprint density at radius 3 is 2.45 bits per heavy atom. The molecule has 0 fully saturated rings. The molecule has 0 saturated heterocycles. The first-order chi connectivity index (χ1) is 14.0. The van der Waals surface area contributed by atoms with E-state index in [4.69, 9.17) is 0 Å². The van der Waals surface area contributed by atoms with Gasteiger partial charge in [0, 0.05) is 28.4 Å². The number of alkyl halides is 3. The van der Waals surface area contributed by atoms with Crippen LogP contribution in [-0.2, 0) is 12.6 Å².